The summed E-state index contributed by atoms with van der Waals surface area (Å²) in [7, 11) is 0. The molecule has 0 amide bonds. The van der Waals surface area contributed by atoms with E-state index >= 15 is 0 Å². The highest BCUT2D eigenvalue weighted by atomic mass is 79.9. The fourth-order valence-electron chi connectivity index (χ4n) is 1.39. The van der Waals surface area contributed by atoms with Crippen LogP contribution in [-0.4, -0.2) is 6.04 Å². The fraction of sp³-hybridized carbons (Fsp3) is 0.417. The van der Waals surface area contributed by atoms with Gasteiger partial charge < -0.3 is 5.32 Å². The number of nitrogens with one attached hydrogen (secondary N) is 1. The van der Waals surface area contributed by atoms with Gasteiger partial charge in [0, 0.05) is 10.2 Å². The first-order valence-corrected chi connectivity index (χ1v) is 5.83. The Bertz CT molecular complexity index is 355. The van der Waals surface area contributed by atoms with Gasteiger partial charge in [0.25, 0.3) is 0 Å². The first-order valence-electron chi connectivity index (χ1n) is 5.03. The highest BCUT2D eigenvalue weighted by Gasteiger charge is 2.09. The molecule has 0 fully saturated rings. The van der Waals surface area contributed by atoms with E-state index in [0.717, 1.165) is 16.6 Å². The second-order valence-electron chi connectivity index (χ2n) is 3.97. The molecule has 1 rings (SSSR count). The molecule has 0 saturated carbocycles. The predicted molar refractivity (Wildman–Crippen MR) is 66.6 cm³/mol. The maximum absolute atomic E-state index is 8.98. The van der Waals surface area contributed by atoms with E-state index in [2.05, 4.69) is 41.2 Å². The molecule has 0 bridgehead atoms. The minimum Gasteiger partial charge on any atom is -0.370 e. The topological polar surface area (TPSA) is 35.8 Å². The summed E-state index contributed by atoms with van der Waals surface area (Å²) in [5.74, 6) is 0.523. The molecular formula is C12H15BrN2. The number of benzene rings is 1. The third-order valence-corrected chi connectivity index (χ3v) is 2.52. The molecule has 15 heavy (non-hydrogen) atoms. The van der Waals surface area contributed by atoms with Crippen molar-refractivity contribution in [3.05, 3.63) is 28.7 Å². The Balaban J connectivity index is 2.63. The average Bonchev–Trinajstić information content (AvgIpc) is 2.16. The SMILES string of the molecule is CC(C)CC(C#N)Nc1cccc(Br)c1. The van der Waals surface area contributed by atoms with E-state index in [1.165, 1.54) is 0 Å². The monoisotopic (exact) mass is 266 g/mol. The number of hydrogen-bond acceptors (Lipinski definition) is 2. The van der Waals surface area contributed by atoms with Gasteiger partial charge in [-0.25, -0.2) is 0 Å². The highest BCUT2D eigenvalue weighted by molar-refractivity contribution is 9.10. The number of rotatable bonds is 4. The van der Waals surface area contributed by atoms with Gasteiger partial charge in [-0.15, -0.1) is 0 Å². The molecule has 0 spiro atoms. The molecule has 0 aliphatic heterocycles. The van der Waals surface area contributed by atoms with Crippen molar-refractivity contribution in [2.75, 3.05) is 5.32 Å². The zero-order valence-corrected chi connectivity index (χ0v) is 10.6. The van der Waals surface area contributed by atoms with Gasteiger partial charge >= 0.3 is 0 Å². The molecular weight excluding hydrogens is 252 g/mol. The van der Waals surface area contributed by atoms with E-state index in [4.69, 9.17) is 5.26 Å². The molecule has 0 aliphatic rings. The Morgan fingerprint density at radius 1 is 1.47 bits per heavy atom. The van der Waals surface area contributed by atoms with Crippen LogP contribution in [0.5, 0.6) is 0 Å². The summed E-state index contributed by atoms with van der Waals surface area (Å²) in [6.07, 6.45) is 0.864. The third-order valence-electron chi connectivity index (χ3n) is 2.03. The molecule has 1 aromatic carbocycles. The maximum atomic E-state index is 8.98. The summed E-state index contributed by atoms with van der Waals surface area (Å²) in [4.78, 5) is 0. The van der Waals surface area contributed by atoms with Gasteiger partial charge in [-0.2, -0.15) is 5.26 Å². The van der Waals surface area contributed by atoms with Crippen LogP contribution in [-0.2, 0) is 0 Å². The van der Waals surface area contributed by atoms with E-state index in [1.54, 1.807) is 0 Å². The lowest BCUT2D eigenvalue weighted by Gasteiger charge is -2.14. The van der Waals surface area contributed by atoms with Crippen LogP contribution < -0.4 is 5.32 Å². The Labute approximate surface area is 99.4 Å². The van der Waals surface area contributed by atoms with E-state index in [0.29, 0.717) is 5.92 Å². The van der Waals surface area contributed by atoms with Gasteiger partial charge in [-0.1, -0.05) is 35.8 Å². The van der Waals surface area contributed by atoms with E-state index in [9.17, 15) is 0 Å². The Morgan fingerprint density at radius 3 is 2.73 bits per heavy atom. The lowest BCUT2D eigenvalue weighted by atomic mass is 10.0. The Morgan fingerprint density at radius 2 is 2.20 bits per heavy atom. The summed E-state index contributed by atoms with van der Waals surface area (Å²) >= 11 is 3.40. The first-order chi connectivity index (χ1) is 7.11. The molecule has 0 radical (unpaired) electrons. The second kappa shape index (κ2) is 5.77. The molecule has 3 heteroatoms. The second-order valence-corrected chi connectivity index (χ2v) is 4.88. The molecule has 2 nitrogen and oxygen atoms in total. The number of nitriles is 1. The van der Waals surface area contributed by atoms with Crippen molar-refractivity contribution < 1.29 is 0 Å². The number of halogens is 1. The van der Waals surface area contributed by atoms with E-state index in [-0.39, 0.29) is 6.04 Å². The van der Waals surface area contributed by atoms with Crippen LogP contribution in [0.25, 0.3) is 0 Å². The van der Waals surface area contributed by atoms with E-state index in [1.807, 2.05) is 24.3 Å². The molecule has 1 unspecified atom stereocenters. The zero-order valence-electron chi connectivity index (χ0n) is 9.00. The van der Waals surface area contributed by atoms with Crippen molar-refractivity contribution in [1.82, 2.24) is 0 Å². The van der Waals surface area contributed by atoms with Gasteiger partial charge in [-0.3, -0.25) is 0 Å². The van der Waals surface area contributed by atoms with Crippen molar-refractivity contribution in [1.29, 1.82) is 5.26 Å². The lowest BCUT2D eigenvalue weighted by Crippen LogP contribution is -2.19. The predicted octanol–water partition coefficient (Wildman–Crippen LogP) is 3.80. The maximum Gasteiger partial charge on any atom is 0.114 e. The summed E-state index contributed by atoms with van der Waals surface area (Å²) < 4.78 is 1.02. The summed E-state index contributed by atoms with van der Waals surface area (Å²) in [5.41, 5.74) is 0.983. The van der Waals surface area contributed by atoms with Crippen molar-refractivity contribution in [3.8, 4) is 6.07 Å². The smallest absolute Gasteiger partial charge is 0.114 e. The number of anilines is 1. The molecule has 0 heterocycles. The fourth-order valence-corrected chi connectivity index (χ4v) is 1.79. The van der Waals surface area contributed by atoms with Gasteiger partial charge in [-0.05, 0) is 30.5 Å². The van der Waals surface area contributed by atoms with Crippen molar-refractivity contribution in [3.63, 3.8) is 0 Å². The van der Waals surface area contributed by atoms with Gasteiger partial charge in [0.05, 0.1) is 6.07 Å². The van der Waals surface area contributed by atoms with Crippen molar-refractivity contribution in [2.24, 2.45) is 5.92 Å². The average molecular weight is 267 g/mol. The van der Waals surface area contributed by atoms with Gasteiger partial charge in [0.1, 0.15) is 6.04 Å². The quantitative estimate of drug-likeness (QED) is 0.900. The Kier molecular flexibility index (Phi) is 4.64. The van der Waals surface area contributed by atoms with Gasteiger partial charge in [0.15, 0.2) is 0 Å². The van der Waals surface area contributed by atoms with Crippen LogP contribution in [0.3, 0.4) is 0 Å². The van der Waals surface area contributed by atoms with Crippen molar-refractivity contribution >= 4 is 21.6 Å². The molecule has 1 atom stereocenters. The molecule has 0 aliphatic carbocycles. The lowest BCUT2D eigenvalue weighted by molar-refractivity contribution is 0.568. The standard InChI is InChI=1S/C12H15BrN2/c1-9(2)6-12(8-14)15-11-5-3-4-10(13)7-11/h3-5,7,9,12,15H,6H2,1-2H3. The van der Waals surface area contributed by atoms with Gasteiger partial charge in [0.2, 0.25) is 0 Å². The molecule has 0 aromatic heterocycles. The Hall–Kier alpha value is -1.01. The minimum absolute atomic E-state index is 0.112. The molecule has 80 valence electrons. The molecule has 0 saturated heterocycles. The summed E-state index contributed by atoms with van der Waals surface area (Å²) in [6.45, 7) is 4.24. The highest BCUT2D eigenvalue weighted by Crippen LogP contribution is 2.17. The van der Waals surface area contributed by atoms with Crippen molar-refractivity contribution in [2.45, 2.75) is 26.3 Å². The molecule has 1 N–H and O–H groups in total. The van der Waals surface area contributed by atoms with Crippen LogP contribution in [0.4, 0.5) is 5.69 Å². The van der Waals surface area contributed by atoms with Crippen LogP contribution in [0.2, 0.25) is 0 Å². The van der Waals surface area contributed by atoms with Crippen LogP contribution in [0.15, 0.2) is 28.7 Å². The third kappa shape index (κ3) is 4.35. The van der Waals surface area contributed by atoms with Crippen LogP contribution in [0.1, 0.15) is 20.3 Å². The zero-order chi connectivity index (χ0) is 11.3. The molecule has 1 aromatic rings. The number of nitrogens with zero attached hydrogens (tertiary/aromatic N) is 1. The summed E-state index contributed by atoms with van der Waals surface area (Å²) in [5, 5.41) is 12.2. The largest absolute Gasteiger partial charge is 0.370 e. The first kappa shape index (κ1) is 12.1. The minimum atomic E-state index is -0.112. The van der Waals surface area contributed by atoms with Crippen LogP contribution >= 0.6 is 15.9 Å². The number of hydrogen-bond donors (Lipinski definition) is 1. The summed E-state index contributed by atoms with van der Waals surface area (Å²) in [6, 6.07) is 10.0. The normalized spacial score (nSPS) is 12.2. The van der Waals surface area contributed by atoms with E-state index < -0.39 is 0 Å². The van der Waals surface area contributed by atoms with Crippen LogP contribution in [0, 0.1) is 17.2 Å².